The number of carbonyl (C=O) groups excluding carboxylic acids is 1. The summed E-state index contributed by atoms with van der Waals surface area (Å²) in [6, 6.07) is 15.7. The highest BCUT2D eigenvalue weighted by Crippen LogP contribution is 2.54. The van der Waals surface area contributed by atoms with Crippen molar-refractivity contribution in [1.82, 2.24) is 0 Å². The average Bonchev–Trinajstić information content (AvgIpc) is 2.59. The van der Waals surface area contributed by atoms with Crippen molar-refractivity contribution in [1.29, 1.82) is 0 Å². The molecule has 0 saturated carbocycles. The van der Waals surface area contributed by atoms with Crippen molar-refractivity contribution in [2.45, 2.75) is 19.2 Å². The van der Waals surface area contributed by atoms with Crippen LogP contribution in [0.1, 0.15) is 11.1 Å². The predicted octanol–water partition coefficient (Wildman–Crippen LogP) is 4.26. The molecule has 0 fully saturated rings. The molecule has 128 valence electrons. The topological polar surface area (TPSA) is 82.1 Å². The molecule has 1 atom stereocenters. The summed E-state index contributed by atoms with van der Waals surface area (Å²) < 4.78 is 27.6. The van der Waals surface area contributed by atoms with E-state index in [1.54, 1.807) is 48.5 Å². The molecule has 0 aromatic heterocycles. The Balaban J connectivity index is 2.08. The number of benzene rings is 2. The lowest BCUT2D eigenvalue weighted by Crippen LogP contribution is -2.17. The maximum Gasteiger partial charge on any atom is 0.406 e. The molecule has 0 aliphatic rings. The van der Waals surface area contributed by atoms with Gasteiger partial charge in [-0.15, -0.1) is 0 Å². The summed E-state index contributed by atoms with van der Waals surface area (Å²) in [7, 11) is -4.17. The molecule has 1 unspecified atom stereocenters. The first-order chi connectivity index (χ1) is 11.5. The van der Waals surface area contributed by atoms with E-state index in [-0.39, 0.29) is 13.2 Å². The number of aliphatic hydroxyl groups is 1. The Kier molecular flexibility index (Phi) is 6.97. The molecule has 0 saturated heterocycles. The highest BCUT2D eigenvalue weighted by Gasteiger charge is 2.38. The zero-order chi connectivity index (χ0) is 17.4. The number of hydrogen-bond acceptors (Lipinski definition) is 6. The van der Waals surface area contributed by atoms with Crippen LogP contribution in [-0.2, 0) is 31.6 Å². The molecule has 0 amide bonds. The van der Waals surface area contributed by atoms with E-state index in [9.17, 15) is 14.5 Å². The van der Waals surface area contributed by atoms with Gasteiger partial charge in [-0.3, -0.25) is 13.6 Å². The summed E-state index contributed by atoms with van der Waals surface area (Å²) in [6.07, 6.45) is 0. The van der Waals surface area contributed by atoms with Crippen LogP contribution in [0.4, 0.5) is 4.79 Å². The summed E-state index contributed by atoms with van der Waals surface area (Å²) in [5.41, 5.74) is 0.116. The molecular weight excluding hydrogens is 355 g/mol. The molecule has 0 spiro atoms. The SMILES string of the molecule is O=C(Cl)OC(O)P(=O)(OCc1ccccc1)OCc1ccccc1. The molecule has 6 nitrogen and oxygen atoms in total. The first-order valence-corrected chi connectivity index (χ1v) is 8.99. The maximum absolute atomic E-state index is 12.8. The summed E-state index contributed by atoms with van der Waals surface area (Å²) in [5.74, 6) is 0. The van der Waals surface area contributed by atoms with Crippen molar-refractivity contribution >= 4 is 24.6 Å². The summed E-state index contributed by atoms with van der Waals surface area (Å²) in [4.78, 5) is 10.8. The van der Waals surface area contributed by atoms with E-state index in [4.69, 9.17) is 20.6 Å². The quantitative estimate of drug-likeness (QED) is 0.424. The fraction of sp³-hybridized carbons (Fsp3) is 0.188. The third kappa shape index (κ3) is 5.74. The van der Waals surface area contributed by atoms with Crippen LogP contribution in [0, 0.1) is 0 Å². The van der Waals surface area contributed by atoms with Crippen LogP contribution in [0.15, 0.2) is 60.7 Å². The van der Waals surface area contributed by atoms with Crippen LogP contribution in [0.25, 0.3) is 0 Å². The van der Waals surface area contributed by atoms with E-state index in [0.29, 0.717) is 11.1 Å². The van der Waals surface area contributed by atoms with Crippen LogP contribution in [0.3, 0.4) is 0 Å². The number of hydrogen-bond donors (Lipinski definition) is 1. The van der Waals surface area contributed by atoms with Gasteiger partial charge in [-0.05, 0) is 11.1 Å². The molecule has 1 N–H and O–H groups in total. The number of carbonyl (C=O) groups is 1. The van der Waals surface area contributed by atoms with Gasteiger partial charge in [0.1, 0.15) is 0 Å². The lowest BCUT2D eigenvalue weighted by atomic mass is 10.2. The average molecular weight is 371 g/mol. The Morgan fingerprint density at radius 2 is 1.38 bits per heavy atom. The van der Waals surface area contributed by atoms with Crippen LogP contribution in [-0.4, -0.2) is 16.6 Å². The maximum atomic E-state index is 12.8. The summed E-state index contributed by atoms with van der Waals surface area (Å²) >= 11 is 5.06. The molecule has 0 aliphatic carbocycles. The minimum absolute atomic E-state index is 0.0934. The van der Waals surface area contributed by atoms with E-state index in [1.165, 1.54) is 0 Å². The smallest absolute Gasteiger partial charge is 0.406 e. The number of rotatable bonds is 8. The Hall–Kier alpha value is -1.69. The van der Waals surface area contributed by atoms with Gasteiger partial charge in [0.2, 0.25) is 0 Å². The molecule has 8 heteroatoms. The van der Waals surface area contributed by atoms with Crippen molar-refractivity contribution in [2.24, 2.45) is 0 Å². The van der Waals surface area contributed by atoms with Crippen LogP contribution in [0.5, 0.6) is 0 Å². The van der Waals surface area contributed by atoms with Gasteiger partial charge in [0.25, 0.3) is 0 Å². The summed E-state index contributed by atoms with van der Waals surface area (Å²) in [6.45, 7) is -0.187. The Morgan fingerprint density at radius 1 is 0.958 bits per heavy atom. The van der Waals surface area contributed by atoms with E-state index < -0.39 is 19.1 Å². The highest BCUT2D eigenvalue weighted by atomic mass is 35.5. The van der Waals surface area contributed by atoms with Crippen molar-refractivity contribution in [3.05, 3.63) is 71.8 Å². The monoisotopic (exact) mass is 370 g/mol. The molecule has 0 bridgehead atoms. The van der Waals surface area contributed by atoms with Gasteiger partial charge < -0.3 is 9.84 Å². The molecule has 0 heterocycles. The van der Waals surface area contributed by atoms with Crippen molar-refractivity contribution in [2.75, 3.05) is 0 Å². The second-order valence-corrected chi connectivity index (χ2v) is 7.09. The molecular formula is C16H16ClO6P. The van der Waals surface area contributed by atoms with Gasteiger partial charge in [-0.2, -0.15) is 0 Å². The molecule has 2 aromatic rings. The number of aliphatic hydroxyl groups excluding tert-OH is 1. The van der Waals surface area contributed by atoms with Gasteiger partial charge in [0.05, 0.1) is 13.2 Å². The standard InChI is InChI=1S/C16H16ClO6P/c17-15(18)23-16(19)24(20,21-11-13-7-3-1-4-8-13)22-12-14-9-5-2-6-10-14/h1-10,16,19H,11-12H2. The molecule has 24 heavy (non-hydrogen) atoms. The minimum Gasteiger partial charge on any atom is -0.411 e. The van der Waals surface area contributed by atoms with E-state index in [0.717, 1.165) is 0 Å². The minimum atomic E-state index is -4.17. The normalized spacial score (nSPS) is 12.6. The van der Waals surface area contributed by atoms with Gasteiger partial charge in [-0.25, -0.2) is 4.79 Å². The van der Waals surface area contributed by atoms with Gasteiger partial charge in [0, 0.05) is 11.6 Å². The van der Waals surface area contributed by atoms with Crippen LogP contribution < -0.4 is 0 Å². The number of ether oxygens (including phenoxy) is 1. The Bertz CT molecular complexity index is 647. The molecule has 2 rings (SSSR count). The van der Waals surface area contributed by atoms with Crippen molar-refractivity contribution in [3.63, 3.8) is 0 Å². The predicted molar refractivity (Wildman–Crippen MR) is 88.4 cm³/mol. The van der Waals surface area contributed by atoms with Gasteiger partial charge in [0.15, 0.2) is 0 Å². The van der Waals surface area contributed by atoms with Crippen LogP contribution in [0.2, 0.25) is 0 Å². The van der Waals surface area contributed by atoms with Gasteiger partial charge >= 0.3 is 19.1 Å². The van der Waals surface area contributed by atoms with Crippen molar-refractivity contribution < 1.29 is 28.3 Å². The zero-order valence-electron chi connectivity index (χ0n) is 12.6. The summed E-state index contributed by atoms with van der Waals surface area (Å²) in [5, 5.41) is 9.85. The van der Waals surface area contributed by atoms with Gasteiger partial charge in [-0.1, -0.05) is 60.7 Å². The van der Waals surface area contributed by atoms with E-state index in [2.05, 4.69) is 4.74 Å². The van der Waals surface area contributed by atoms with E-state index >= 15 is 0 Å². The third-order valence-electron chi connectivity index (χ3n) is 2.98. The van der Waals surface area contributed by atoms with E-state index in [1.807, 2.05) is 12.1 Å². The molecule has 0 radical (unpaired) electrons. The fourth-order valence-electron chi connectivity index (χ4n) is 1.79. The fourth-order valence-corrected chi connectivity index (χ4v) is 3.15. The second kappa shape index (κ2) is 8.97. The lowest BCUT2D eigenvalue weighted by molar-refractivity contribution is -0.0110. The van der Waals surface area contributed by atoms with Crippen molar-refractivity contribution in [3.8, 4) is 0 Å². The van der Waals surface area contributed by atoms with Crippen LogP contribution >= 0.6 is 19.2 Å². The first kappa shape index (κ1) is 18.6. The Labute approximate surface area is 144 Å². The molecule has 0 aliphatic heterocycles. The largest absolute Gasteiger partial charge is 0.411 e. The Morgan fingerprint density at radius 3 is 1.75 bits per heavy atom. The molecule has 2 aromatic carbocycles. The number of halogens is 1. The lowest BCUT2D eigenvalue weighted by Gasteiger charge is -2.22. The zero-order valence-corrected chi connectivity index (χ0v) is 14.2. The first-order valence-electron chi connectivity index (χ1n) is 7.00. The second-order valence-electron chi connectivity index (χ2n) is 4.74. The third-order valence-corrected chi connectivity index (χ3v) is 4.69. The highest BCUT2D eigenvalue weighted by molar-refractivity contribution is 7.54.